The molecule has 3 heterocycles. The fraction of sp³-hybridized carbons (Fsp3) is 0.318. The van der Waals surface area contributed by atoms with Crippen LogP contribution >= 0.6 is 11.3 Å². The van der Waals surface area contributed by atoms with Crippen LogP contribution in [0.1, 0.15) is 12.6 Å². The molecule has 2 aromatic heterocycles. The fourth-order valence-corrected chi connectivity index (χ4v) is 5.83. The number of hydrogen-bond acceptors (Lipinski definition) is 7. The normalized spacial score (nSPS) is 15.5. The zero-order valence-corrected chi connectivity index (χ0v) is 19.4. The van der Waals surface area contributed by atoms with Gasteiger partial charge < -0.3 is 10.2 Å². The molecule has 0 atom stereocenters. The molecule has 0 aliphatic carbocycles. The van der Waals surface area contributed by atoms with Crippen LogP contribution < -0.4 is 5.32 Å². The topological polar surface area (TPSA) is 95.5 Å². The van der Waals surface area contributed by atoms with Crippen LogP contribution in [-0.2, 0) is 21.2 Å². The van der Waals surface area contributed by atoms with Gasteiger partial charge in [0, 0.05) is 55.2 Å². The van der Waals surface area contributed by atoms with Crippen LogP contribution in [0.2, 0.25) is 0 Å². The summed E-state index contributed by atoms with van der Waals surface area (Å²) in [6, 6.07) is 10.2. The summed E-state index contributed by atoms with van der Waals surface area (Å²) < 4.78 is 27.6. The summed E-state index contributed by atoms with van der Waals surface area (Å²) in [5.41, 5.74) is 2.01. The molecule has 1 amide bonds. The summed E-state index contributed by atoms with van der Waals surface area (Å²) in [4.78, 5) is 23.5. The van der Waals surface area contributed by atoms with Crippen molar-refractivity contribution in [3.05, 3.63) is 59.9 Å². The summed E-state index contributed by atoms with van der Waals surface area (Å²) in [5.74, 6) is -0.251. The SMILES string of the molecule is CCN1CCN(S(=O)(=O)c2cccc(NC(=O)Cc3csc(-c4cccnc4)n3)c2)CC1. The van der Waals surface area contributed by atoms with E-state index >= 15 is 0 Å². The number of anilines is 1. The molecule has 0 bridgehead atoms. The molecular formula is C22H25N5O3S2. The third-order valence-electron chi connectivity index (χ3n) is 5.34. The van der Waals surface area contributed by atoms with Gasteiger partial charge in [-0.3, -0.25) is 9.78 Å². The van der Waals surface area contributed by atoms with E-state index in [9.17, 15) is 13.2 Å². The van der Waals surface area contributed by atoms with E-state index in [0.717, 1.165) is 30.2 Å². The van der Waals surface area contributed by atoms with Crippen molar-refractivity contribution in [1.29, 1.82) is 0 Å². The van der Waals surface area contributed by atoms with Crippen molar-refractivity contribution in [2.75, 3.05) is 38.0 Å². The van der Waals surface area contributed by atoms with Crippen molar-refractivity contribution in [2.24, 2.45) is 0 Å². The van der Waals surface area contributed by atoms with E-state index in [0.29, 0.717) is 24.5 Å². The summed E-state index contributed by atoms with van der Waals surface area (Å²) in [6.07, 6.45) is 3.54. The van der Waals surface area contributed by atoms with Crippen molar-refractivity contribution in [3.63, 3.8) is 0 Å². The Bertz CT molecular complexity index is 1170. The van der Waals surface area contributed by atoms with Crippen LogP contribution in [0.15, 0.2) is 59.1 Å². The highest BCUT2D eigenvalue weighted by Gasteiger charge is 2.28. The van der Waals surface area contributed by atoms with Crippen LogP contribution in [0.3, 0.4) is 0 Å². The molecule has 1 fully saturated rings. The van der Waals surface area contributed by atoms with E-state index in [4.69, 9.17) is 0 Å². The van der Waals surface area contributed by atoms with Crippen LogP contribution in [0, 0.1) is 0 Å². The molecule has 0 spiro atoms. The Morgan fingerprint density at radius 3 is 2.69 bits per heavy atom. The van der Waals surface area contributed by atoms with E-state index in [1.165, 1.54) is 21.7 Å². The van der Waals surface area contributed by atoms with E-state index in [-0.39, 0.29) is 17.2 Å². The van der Waals surface area contributed by atoms with Crippen molar-refractivity contribution in [3.8, 4) is 10.6 Å². The van der Waals surface area contributed by atoms with Crippen molar-refractivity contribution in [2.45, 2.75) is 18.2 Å². The molecule has 1 saturated heterocycles. The number of aromatic nitrogens is 2. The molecule has 0 unspecified atom stereocenters. The van der Waals surface area contributed by atoms with Gasteiger partial charge in [0.15, 0.2) is 0 Å². The van der Waals surface area contributed by atoms with Gasteiger partial charge in [-0.15, -0.1) is 11.3 Å². The first kappa shape index (κ1) is 22.5. The summed E-state index contributed by atoms with van der Waals surface area (Å²) >= 11 is 1.45. The van der Waals surface area contributed by atoms with Gasteiger partial charge >= 0.3 is 0 Å². The maximum atomic E-state index is 13.0. The Balaban J connectivity index is 1.41. The number of nitrogens with one attached hydrogen (secondary N) is 1. The van der Waals surface area contributed by atoms with Gasteiger partial charge in [0.05, 0.1) is 17.0 Å². The molecule has 1 N–H and O–H groups in total. The van der Waals surface area contributed by atoms with Crippen LogP contribution in [-0.4, -0.2) is 66.2 Å². The van der Waals surface area contributed by atoms with Gasteiger partial charge in [-0.2, -0.15) is 4.31 Å². The lowest BCUT2D eigenvalue weighted by atomic mass is 10.2. The van der Waals surface area contributed by atoms with Gasteiger partial charge in [0.1, 0.15) is 5.01 Å². The molecule has 0 saturated carbocycles. The molecule has 8 nitrogen and oxygen atoms in total. The third kappa shape index (κ3) is 5.21. The smallest absolute Gasteiger partial charge is 0.243 e. The lowest BCUT2D eigenvalue weighted by molar-refractivity contribution is -0.115. The Hall–Kier alpha value is -2.66. The van der Waals surface area contributed by atoms with Crippen LogP contribution in [0.4, 0.5) is 5.69 Å². The number of pyridine rings is 1. The number of piperazine rings is 1. The number of likely N-dealkylation sites (N-methyl/N-ethyl adjacent to an activating group) is 1. The second-order valence-electron chi connectivity index (χ2n) is 7.48. The predicted molar refractivity (Wildman–Crippen MR) is 125 cm³/mol. The number of sulfonamides is 1. The second kappa shape index (κ2) is 9.86. The average molecular weight is 472 g/mol. The van der Waals surface area contributed by atoms with Crippen LogP contribution in [0.5, 0.6) is 0 Å². The third-order valence-corrected chi connectivity index (χ3v) is 8.17. The average Bonchev–Trinajstić information content (AvgIpc) is 3.28. The van der Waals surface area contributed by atoms with Gasteiger partial charge in [-0.25, -0.2) is 13.4 Å². The van der Waals surface area contributed by atoms with Gasteiger partial charge in [-0.1, -0.05) is 13.0 Å². The number of carbonyl (C=O) groups is 1. The molecule has 1 aliphatic heterocycles. The Morgan fingerprint density at radius 1 is 1.16 bits per heavy atom. The summed E-state index contributed by atoms with van der Waals surface area (Å²) in [7, 11) is -3.60. The van der Waals surface area contributed by atoms with Crippen molar-refractivity contribution < 1.29 is 13.2 Å². The van der Waals surface area contributed by atoms with Crippen LogP contribution in [0.25, 0.3) is 10.6 Å². The number of hydrogen-bond donors (Lipinski definition) is 1. The van der Waals surface area contributed by atoms with Gasteiger partial charge in [0.2, 0.25) is 15.9 Å². The number of rotatable bonds is 7. The molecular weight excluding hydrogens is 446 g/mol. The van der Waals surface area contributed by atoms with Crippen molar-refractivity contribution in [1.82, 2.24) is 19.2 Å². The molecule has 168 valence electrons. The molecule has 1 aromatic carbocycles. The van der Waals surface area contributed by atoms with E-state index in [2.05, 4.69) is 27.1 Å². The highest BCUT2D eigenvalue weighted by molar-refractivity contribution is 7.89. The number of thiazole rings is 1. The number of amides is 1. The van der Waals surface area contributed by atoms with Crippen molar-refractivity contribution >= 4 is 33.0 Å². The second-order valence-corrected chi connectivity index (χ2v) is 10.3. The predicted octanol–water partition coefficient (Wildman–Crippen LogP) is 2.71. The minimum atomic E-state index is -3.60. The first-order valence-corrected chi connectivity index (χ1v) is 12.7. The molecule has 32 heavy (non-hydrogen) atoms. The zero-order valence-electron chi connectivity index (χ0n) is 17.8. The Kier molecular flexibility index (Phi) is 6.95. The molecule has 4 rings (SSSR count). The lowest BCUT2D eigenvalue weighted by Crippen LogP contribution is -2.48. The molecule has 3 aromatic rings. The van der Waals surface area contributed by atoms with E-state index < -0.39 is 10.0 Å². The maximum Gasteiger partial charge on any atom is 0.243 e. The molecule has 1 aliphatic rings. The fourth-order valence-electron chi connectivity index (χ4n) is 3.55. The quantitative estimate of drug-likeness (QED) is 0.569. The summed E-state index contributed by atoms with van der Waals surface area (Å²) in [6.45, 7) is 5.37. The zero-order chi connectivity index (χ0) is 22.6. The van der Waals surface area contributed by atoms with Gasteiger partial charge in [0.25, 0.3) is 0 Å². The number of benzene rings is 1. The minimum absolute atomic E-state index is 0.104. The standard InChI is InChI=1S/C22H25N5O3S2/c1-2-26-9-11-27(12-10-26)32(29,30)20-7-3-6-18(13-20)24-21(28)14-19-16-31-22(25-19)17-5-4-8-23-15-17/h3-8,13,15-16H,2,9-12,14H2,1H3,(H,24,28). The van der Waals surface area contributed by atoms with E-state index in [1.54, 1.807) is 30.6 Å². The molecule has 10 heteroatoms. The van der Waals surface area contributed by atoms with E-state index in [1.807, 2.05) is 17.5 Å². The first-order valence-electron chi connectivity index (χ1n) is 10.4. The highest BCUT2D eigenvalue weighted by atomic mass is 32.2. The van der Waals surface area contributed by atoms with Gasteiger partial charge in [-0.05, 0) is 36.9 Å². The Morgan fingerprint density at radius 2 is 1.97 bits per heavy atom. The Labute approximate surface area is 192 Å². The first-order chi connectivity index (χ1) is 15.5. The minimum Gasteiger partial charge on any atom is -0.326 e. The lowest BCUT2D eigenvalue weighted by Gasteiger charge is -2.33. The largest absolute Gasteiger partial charge is 0.326 e. The monoisotopic (exact) mass is 471 g/mol. The highest BCUT2D eigenvalue weighted by Crippen LogP contribution is 2.24. The molecule has 0 radical (unpaired) electrons. The maximum absolute atomic E-state index is 13.0. The summed E-state index contributed by atoms with van der Waals surface area (Å²) in [5, 5.41) is 5.44. The number of nitrogens with zero attached hydrogens (tertiary/aromatic N) is 4. The number of carbonyl (C=O) groups excluding carboxylic acids is 1.